The van der Waals surface area contributed by atoms with Crippen molar-refractivity contribution in [2.24, 2.45) is 0 Å². The number of likely N-dealkylation sites (N-methyl/N-ethyl adjacent to an activating group) is 1. The van der Waals surface area contributed by atoms with E-state index in [9.17, 15) is 4.79 Å². The van der Waals surface area contributed by atoms with Crippen LogP contribution in [0.5, 0.6) is 5.75 Å². The fourth-order valence-electron chi connectivity index (χ4n) is 1.56. The minimum Gasteiger partial charge on any atom is -0.497 e. The second-order valence-corrected chi connectivity index (χ2v) is 3.88. The number of rotatable bonds is 5. The van der Waals surface area contributed by atoms with E-state index in [2.05, 4.69) is 0 Å². The minimum atomic E-state index is -0.939. The van der Waals surface area contributed by atoms with Gasteiger partial charge in [0.25, 0.3) is 0 Å². The number of carbonyl (C=O) groups is 1. The van der Waals surface area contributed by atoms with E-state index in [1.54, 1.807) is 13.2 Å². The van der Waals surface area contributed by atoms with E-state index in [0.29, 0.717) is 0 Å². The molecule has 1 rings (SSSR count). The molecule has 1 N–H and O–H groups in total. The summed E-state index contributed by atoms with van der Waals surface area (Å²) >= 11 is 0. The number of hydrogen-bond acceptors (Lipinski definition) is 3. The number of carboxylic acid groups (broad SMARTS) is 1. The van der Waals surface area contributed by atoms with Crippen LogP contribution in [0.2, 0.25) is 0 Å². The van der Waals surface area contributed by atoms with E-state index >= 15 is 0 Å². The molecular formula is C13H17NO3. The van der Waals surface area contributed by atoms with Crippen LogP contribution < -0.4 is 4.74 Å². The Morgan fingerprint density at radius 3 is 2.35 bits per heavy atom. The van der Waals surface area contributed by atoms with Gasteiger partial charge in [-0.05, 0) is 31.8 Å². The number of hydrogen-bond donors (Lipinski definition) is 1. The normalized spacial score (nSPS) is 12.9. The number of benzene rings is 1. The summed E-state index contributed by atoms with van der Waals surface area (Å²) in [5.74, 6) is -0.154. The molecule has 17 heavy (non-hydrogen) atoms. The predicted octanol–water partition coefficient (Wildman–Crippen LogP) is 1.94. The lowest BCUT2D eigenvalue weighted by Crippen LogP contribution is -2.18. The Balaban J connectivity index is 2.93. The van der Waals surface area contributed by atoms with E-state index in [4.69, 9.17) is 9.84 Å². The molecule has 4 heteroatoms. The highest BCUT2D eigenvalue weighted by molar-refractivity contribution is 5.79. The van der Waals surface area contributed by atoms with Crippen LogP contribution in [0.15, 0.2) is 36.4 Å². The highest BCUT2D eigenvalue weighted by Crippen LogP contribution is 2.22. The maximum absolute atomic E-state index is 10.5. The molecule has 0 spiro atoms. The van der Waals surface area contributed by atoms with Crippen molar-refractivity contribution in [2.45, 2.75) is 6.04 Å². The average Bonchev–Trinajstić information content (AvgIpc) is 2.29. The Hall–Kier alpha value is -1.81. The fraction of sp³-hybridized carbons (Fsp3) is 0.308. The molecule has 92 valence electrons. The van der Waals surface area contributed by atoms with Crippen molar-refractivity contribution in [3.05, 3.63) is 42.0 Å². The summed E-state index contributed by atoms with van der Waals surface area (Å²) in [5.41, 5.74) is 1.02. The summed E-state index contributed by atoms with van der Waals surface area (Å²) in [6.07, 6.45) is 2.82. The largest absolute Gasteiger partial charge is 0.497 e. The summed E-state index contributed by atoms with van der Waals surface area (Å²) in [6.45, 7) is 0. The van der Waals surface area contributed by atoms with Gasteiger partial charge in [-0.2, -0.15) is 0 Å². The van der Waals surface area contributed by atoms with Gasteiger partial charge in [0.05, 0.1) is 13.2 Å². The first-order valence-corrected chi connectivity index (χ1v) is 5.26. The Labute approximate surface area is 101 Å². The lowest BCUT2D eigenvalue weighted by atomic mass is 10.1. The molecule has 1 unspecified atom stereocenters. The molecule has 0 saturated heterocycles. The molecule has 0 heterocycles. The van der Waals surface area contributed by atoms with Gasteiger partial charge < -0.3 is 9.84 Å². The van der Waals surface area contributed by atoms with Crippen LogP contribution >= 0.6 is 0 Å². The molecule has 0 fully saturated rings. The molecule has 1 aromatic carbocycles. The Bertz CT molecular complexity index is 396. The predicted molar refractivity (Wildman–Crippen MR) is 66.2 cm³/mol. The topological polar surface area (TPSA) is 49.8 Å². The van der Waals surface area contributed by atoms with Crippen LogP contribution in [-0.4, -0.2) is 37.2 Å². The highest BCUT2D eigenvalue weighted by atomic mass is 16.5. The molecule has 0 amide bonds. The third-order valence-electron chi connectivity index (χ3n) is 2.43. The standard InChI is InChI=1S/C13H17NO3/c1-14(2)12(8-9-13(15)16)10-4-6-11(17-3)7-5-10/h4-9,12H,1-3H3,(H,15,16)/b9-8+. The Morgan fingerprint density at radius 1 is 1.35 bits per heavy atom. The van der Waals surface area contributed by atoms with Crippen LogP contribution in [0.3, 0.4) is 0 Å². The van der Waals surface area contributed by atoms with Gasteiger partial charge in [0.1, 0.15) is 5.75 Å². The molecule has 0 saturated carbocycles. The summed E-state index contributed by atoms with van der Waals surface area (Å²) < 4.78 is 5.08. The van der Waals surface area contributed by atoms with Crippen molar-refractivity contribution in [3.63, 3.8) is 0 Å². The van der Waals surface area contributed by atoms with Crippen molar-refractivity contribution >= 4 is 5.97 Å². The summed E-state index contributed by atoms with van der Waals surface area (Å²) in [6, 6.07) is 7.52. The summed E-state index contributed by atoms with van der Waals surface area (Å²) in [5, 5.41) is 8.65. The zero-order valence-electron chi connectivity index (χ0n) is 10.3. The van der Waals surface area contributed by atoms with Crippen LogP contribution in [0.1, 0.15) is 11.6 Å². The minimum absolute atomic E-state index is 0.0583. The van der Waals surface area contributed by atoms with Crippen molar-refractivity contribution in [1.82, 2.24) is 4.90 Å². The van der Waals surface area contributed by atoms with Crippen molar-refractivity contribution in [1.29, 1.82) is 0 Å². The van der Waals surface area contributed by atoms with Crippen LogP contribution in [0.4, 0.5) is 0 Å². The highest BCUT2D eigenvalue weighted by Gasteiger charge is 2.10. The molecule has 0 aliphatic carbocycles. The third kappa shape index (κ3) is 3.92. The summed E-state index contributed by atoms with van der Waals surface area (Å²) in [4.78, 5) is 12.5. The lowest BCUT2D eigenvalue weighted by molar-refractivity contribution is -0.131. The van der Waals surface area contributed by atoms with Gasteiger partial charge in [-0.1, -0.05) is 18.2 Å². The third-order valence-corrected chi connectivity index (χ3v) is 2.43. The maximum Gasteiger partial charge on any atom is 0.328 e. The molecule has 0 aliphatic rings. The molecule has 4 nitrogen and oxygen atoms in total. The van der Waals surface area contributed by atoms with Gasteiger partial charge in [-0.25, -0.2) is 4.79 Å². The molecular weight excluding hydrogens is 218 g/mol. The van der Waals surface area contributed by atoms with Gasteiger partial charge >= 0.3 is 5.97 Å². The SMILES string of the molecule is COc1ccc(C(/C=C/C(=O)O)N(C)C)cc1. The first-order valence-electron chi connectivity index (χ1n) is 5.26. The van der Waals surface area contributed by atoms with Crippen LogP contribution in [0, 0.1) is 0 Å². The van der Waals surface area contributed by atoms with E-state index in [0.717, 1.165) is 17.4 Å². The van der Waals surface area contributed by atoms with Crippen molar-refractivity contribution in [3.8, 4) is 5.75 Å². The van der Waals surface area contributed by atoms with Crippen LogP contribution in [0.25, 0.3) is 0 Å². The quantitative estimate of drug-likeness (QED) is 0.792. The number of aliphatic carboxylic acids is 1. The second kappa shape index (κ2) is 6.06. The number of carboxylic acids is 1. The van der Waals surface area contributed by atoms with Crippen molar-refractivity contribution in [2.75, 3.05) is 21.2 Å². The van der Waals surface area contributed by atoms with Gasteiger partial charge in [-0.15, -0.1) is 0 Å². The van der Waals surface area contributed by atoms with Gasteiger partial charge in [-0.3, -0.25) is 4.90 Å². The van der Waals surface area contributed by atoms with E-state index in [-0.39, 0.29) is 6.04 Å². The number of nitrogens with zero attached hydrogens (tertiary/aromatic N) is 1. The van der Waals surface area contributed by atoms with Crippen molar-refractivity contribution < 1.29 is 14.6 Å². The molecule has 1 atom stereocenters. The zero-order chi connectivity index (χ0) is 12.8. The summed E-state index contributed by atoms with van der Waals surface area (Å²) in [7, 11) is 5.42. The van der Waals surface area contributed by atoms with Gasteiger partial charge in [0.15, 0.2) is 0 Å². The van der Waals surface area contributed by atoms with Crippen LogP contribution in [-0.2, 0) is 4.79 Å². The number of methoxy groups -OCH3 is 1. The molecule has 0 radical (unpaired) electrons. The maximum atomic E-state index is 10.5. The monoisotopic (exact) mass is 235 g/mol. The first kappa shape index (κ1) is 13.3. The number of ether oxygens (including phenoxy) is 1. The Kier molecular flexibility index (Phi) is 4.72. The van der Waals surface area contributed by atoms with E-state index in [1.165, 1.54) is 0 Å². The molecule has 0 bridgehead atoms. The van der Waals surface area contributed by atoms with Gasteiger partial charge in [0.2, 0.25) is 0 Å². The first-order chi connectivity index (χ1) is 8.04. The molecule has 1 aromatic rings. The lowest BCUT2D eigenvalue weighted by Gasteiger charge is -2.21. The molecule has 0 aromatic heterocycles. The average molecular weight is 235 g/mol. The Morgan fingerprint density at radius 2 is 1.94 bits per heavy atom. The smallest absolute Gasteiger partial charge is 0.328 e. The zero-order valence-corrected chi connectivity index (χ0v) is 10.3. The van der Waals surface area contributed by atoms with Gasteiger partial charge in [0, 0.05) is 6.08 Å². The fourth-order valence-corrected chi connectivity index (χ4v) is 1.56. The molecule has 0 aliphatic heterocycles. The second-order valence-electron chi connectivity index (χ2n) is 3.88. The van der Waals surface area contributed by atoms with E-state index < -0.39 is 5.97 Å². The van der Waals surface area contributed by atoms with E-state index in [1.807, 2.05) is 43.3 Å².